The third kappa shape index (κ3) is 4.38. The first kappa shape index (κ1) is 13.8. The van der Waals surface area contributed by atoms with Crippen LogP contribution in [0.2, 0.25) is 0 Å². The van der Waals surface area contributed by atoms with Crippen LogP contribution >= 0.6 is 12.4 Å². The van der Waals surface area contributed by atoms with Crippen molar-refractivity contribution in [2.45, 2.75) is 0 Å². The molecule has 7 nitrogen and oxygen atoms in total. The minimum Gasteiger partial charge on any atom is -0.369 e. The van der Waals surface area contributed by atoms with Crippen LogP contribution in [0.15, 0.2) is 34.5 Å². The minimum absolute atomic E-state index is 0. The van der Waals surface area contributed by atoms with Gasteiger partial charge in [0.15, 0.2) is 0 Å². The average Bonchev–Trinajstić information content (AvgIpc) is 2.17. The van der Waals surface area contributed by atoms with Gasteiger partial charge in [-0.2, -0.15) is 5.10 Å². The van der Waals surface area contributed by atoms with Crippen LogP contribution in [0.4, 0.5) is 5.69 Å². The highest BCUT2D eigenvalue weighted by Crippen LogP contribution is 2.11. The molecular weight excluding hydrogens is 234 g/mol. The molecule has 86 valence electrons. The molecule has 0 amide bonds. The second kappa shape index (κ2) is 6.36. The molecule has 0 saturated carbocycles. The summed E-state index contributed by atoms with van der Waals surface area (Å²) in [6, 6.07) is 5.96. The molecule has 1 rings (SSSR count). The third-order valence-electron chi connectivity index (χ3n) is 1.46. The molecule has 0 heterocycles. The Bertz CT molecular complexity index is 428. The molecule has 0 aromatic heterocycles. The molecule has 0 saturated heterocycles. The van der Waals surface area contributed by atoms with Gasteiger partial charge in [0, 0.05) is 17.7 Å². The lowest BCUT2D eigenvalue weighted by Gasteiger charge is -1.92. The smallest absolute Gasteiger partial charge is 0.270 e. The Hall–Kier alpha value is -2.15. The monoisotopic (exact) mass is 243 g/mol. The molecular formula is C8H10ClN5O2. The molecule has 0 aliphatic heterocycles. The van der Waals surface area contributed by atoms with E-state index in [0.29, 0.717) is 5.56 Å². The van der Waals surface area contributed by atoms with E-state index in [0.717, 1.165) is 0 Å². The highest BCUT2D eigenvalue weighted by atomic mass is 35.5. The third-order valence-corrected chi connectivity index (χ3v) is 1.46. The van der Waals surface area contributed by atoms with E-state index in [2.05, 4.69) is 10.2 Å². The summed E-state index contributed by atoms with van der Waals surface area (Å²) in [4.78, 5) is 9.94. The number of hydrogen-bond acceptors (Lipinski definition) is 4. The van der Waals surface area contributed by atoms with Crippen molar-refractivity contribution in [3.8, 4) is 0 Å². The summed E-state index contributed by atoms with van der Waals surface area (Å²) in [6.07, 6.45) is 1.33. The van der Waals surface area contributed by atoms with E-state index in [1.807, 2.05) is 0 Å². The number of halogens is 1. The number of nitrogens with two attached hydrogens (primary N) is 2. The maximum atomic E-state index is 10.4. The fraction of sp³-hybridized carbons (Fsp3) is 0. The lowest BCUT2D eigenvalue weighted by Crippen LogP contribution is -2.21. The Balaban J connectivity index is 0.00000225. The Kier molecular flexibility index (Phi) is 5.50. The first-order valence-electron chi connectivity index (χ1n) is 3.96. The van der Waals surface area contributed by atoms with Crippen LogP contribution in [0.5, 0.6) is 0 Å². The van der Waals surface area contributed by atoms with Gasteiger partial charge in [0.25, 0.3) is 5.69 Å². The summed E-state index contributed by atoms with van der Waals surface area (Å²) in [5.41, 5.74) is 10.6. The van der Waals surface area contributed by atoms with Gasteiger partial charge in [-0.25, -0.2) is 0 Å². The molecule has 0 radical (unpaired) electrons. The van der Waals surface area contributed by atoms with Crippen LogP contribution in [0.25, 0.3) is 0 Å². The summed E-state index contributed by atoms with van der Waals surface area (Å²) < 4.78 is 0. The van der Waals surface area contributed by atoms with Crippen molar-refractivity contribution in [3.05, 3.63) is 39.9 Å². The molecule has 0 bridgehead atoms. The van der Waals surface area contributed by atoms with Gasteiger partial charge in [-0.3, -0.25) is 10.1 Å². The fourth-order valence-corrected chi connectivity index (χ4v) is 0.881. The number of nitro groups is 1. The summed E-state index contributed by atoms with van der Waals surface area (Å²) >= 11 is 0. The molecule has 8 heteroatoms. The van der Waals surface area contributed by atoms with E-state index < -0.39 is 4.92 Å². The normalized spacial score (nSPS) is 9.50. The van der Waals surface area contributed by atoms with Gasteiger partial charge in [-0.05, 0) is 0 Å². The van der Waals surface area contributed by atoms with Crippen molar-refractivity contribution in [3.63, 3.8) is 0 Å². The van der Waals surface area contributed by atoms with Crippen molar-refractivity contribution in [2.75, 3.05) is 0 Å². The molecule has 0 fully saturated rings. The van der Waals surface area contributed by atoms with Gasteiger partial charge < -0.3 is 11.5 Å². The first-order chi connectivity index (χ1) is 7.09. The molecule has 0 spiro atoms. The van der Waals surface area contributed by atoms with Gasteiger partial charge in [0.05, 0.1) is 11.1 Å². The van der Waals surface area contributed by atoms with Crippen LogP contribution in [0.3, 0.4) is 0 Å². The number of hydrogen-bond donors (Lipinski definition) is 2. The molecule has 16 heavy (non-hydrogen) atoms. The fourth-order valence-electron chi connectivity index (χ4n) is 0.881. The second-order valence-corrected chi connectivity index (χ2v) is 2.62. The Morgan fingerprint density at radius 2 is 2.12 bits per heavy atom. The van der Waals surface area contributed by atoms with Gasteiger partial charge in [0.1, 0.15) is 0 Å². The molecule has 0 unspecified atom stereocenters. The van der Waals surface area contributed by atoms with Crippen molar-refractivity contribution < 1.29 is 4.92 Å². The summed E-state index contributed by atoms with van der Waals surface area (Å²) in [5.74, 6) is -0.170. The minimum atomic E-state index is -0.488. The summed E-state index contributed by atoms with van der Waals surface area (Å²) in [6.45, 7) is 0. The molecule has 0 aliphatic carbocycles. The molecule has 1 aromatic rings. The Morgan fingerprint density at radius 3 is 2.69 bits per heavy atom. The van der Waals surface area contributed by atoms with Crippen LogP contribution < -0.4 is 11.5 Å². The van der Waals surface area contributed by atoms with Crippen molar-refractivity contribution >= 4 is 30.3 Å². The maximum Gasteiger partial charge on any atom is 0.270 e. The zero-order chi connectivity index (χ0) is 11.3. The number of guanidine groups is 1. The number of nitrogens with zero attached hydrogens (tertiary/aromatic N) is 3. The lowest BCUT2D eigenvalue weighted by atomic mass is 10.2. The van der Waals surface area contributed by atoms with Crippen LogP contribution in [0.1, 0.15) is 5.56 Å². The summed E-state index contributed by atoms with van der Waals surface area (Å²) in [7, 11) is 0. The van der Waals surface area contributed by atoms with Crippen LogP contribution in [-0.4, -0.2) is 17.1 Å². The zero-order valence-corrected chi connectivity index (χ0v) is 8.92. The van der Waals surface area contributed by atoms with Gasteiger partial charge in [-0.1, -0.05) is 12.1 Å². The molecule has 0 atom stereocenters. The maximum absolute atomic E-state index is 10.4. The second-order valence-electron chi connectivity index (χ2n) is 2.62. The number of benzene rings is 1. The predicted molar refractivity (Wildman–Crippen MR) is 63.7 cm³/mol. The van der Waals surface area contributed by atoms with Gasteiger partial charge in [0.2, 0.25) is 5.96 Å². The number of nitro benzene ring substituents is 1. The van der Waals surface area contributed by atoms with Gasteiger partial charge >= 0.3 is 0 Å². The van der Waals surface area contributed by atoms with Crippen molar-refractivity contribution in [2.24, 2.45) is 21.7 Å². The van der Waals surface area contributed by atoms with E-state index >= 15 is 0 Å². The van der Waals surface area contributed by atoms with E-state index in [1.165, 1.54) is 18.3 Å². The van der Waals surface area contributed by atoms with E-state index in [4.69, 9.17) is 11.5 Å². The van der Waals surface area contributed by atoms with Crippen molar-refractivity contribution in [1.29, 1.82) is 0 Å². The lowest BCUT2D eigenvalue weighted by molar-refractivity contribution is -0.384. The quantitative estimate of drug-likeness (QED) is 0.350. The molecule has 1 aromatic carbocycles. The largest absolute Gasteiger partial charge is 0.369 e. The SMILES string of the molecule is Cl.NC(N)=N/N=C/c1cccc([N+](=O)[O-])c1. The van der Waals surface area contributed by atoms with E-state index in [1.54, 1.807) is 12.1 Å². The van der Waals surface area contributed by atoms with Crippen LogP contribution in [-0.2, 0) is 0 Å². The molecule has 4 N–H and O–H groups in total. The standard InChI is InChI=1S/C8H9N5O2.ClH/c9-8(10)12-11-5-6-2-1-3-7(4-6)13(14)15;/h1-5H,(H4,9,10,12);1H/b11-5+;. The number of rotatable bonds is 3. The summed E-state index contributed by atoms with van der Waals surface area (Å²) in [5, 5.41) is 17.3. The van der Waals surface area contributed by atoms with Gasteiger partial charge in [-0.15, -0.1) is 17.5 Å². The van der Waals surface area contributed by atoms with Crippen LogP contribution in [0, 0.1) is 10.1 Å². The predicted octanol–water partition coefficient (Wildman–Crippen LogP) is 0.624. The van der Waals surface area contributed by atoms with Crippen molar-refractivity contribution in [1.82, 2.24) is 0 Å². The van der Waals surface area contributed by atoms with E-state index in [-0.39, 0.29) is 24.1 Å². The highest BCUT2D eigenvalue weighted by molar-refractivity contribution is 5.85. The Labute approximate surface area is 97.4 Å². The highest BCUT2D eigenvalue weighted by Gasteiger charge is 2.03. The topological polar surface area (TPSA) is 120 Å². The zero-order valence-electron chi connectivity index (χ0n) is 8.11. The average molecular weight is 244 g/mol. The molecule has 0 aliphatic rings. The Morgan fingerprint density at radius 1 is 1.44 bits per heavy atom. The number of non-ortho nitro benzene ring substituents is 1. The first-order valence-corrected chi connectivity index (χ1v) is 3.96. The van der Waals surface area contributed by atoms with E-state index in [9.17, 15) is 10.1 Å².